The fourth-order valence-electron chi connectivity index (χ4n) is 2.11. The molecule has 0 unspecified atom stereocenters. The molecule has 0 aromatic heterocycles. The minimum absolute atomic E-state index is 0.0521. The van der Waals surface area contributed by atoms with Gasteiger partial charge in [-0.2, -0.15) is 0 Å². The Morgan fingerprint density at radius 1 is 1.32 bits per heavy atom. The molecule has 0 aliphatic carbocycles. The average molecular weight is 333 g/mol. The van der Waals surface area contributed by atoms with E-state index in [1.807, 2.05) is 0 Å². The maximum absolute atomic E-state index is 11.9. The number of ether oxygens (including phenoxy) is 1. The van der Waals surface area contributed by atoms with Crippen LogP contribution in [0.4, 0.5) is 0 Å². The second-order valence-corrected chi connectivity index (χ2v) is 7.14. The Morgan fingerprint density at radius 3 is 2.47 bits per heavy atom. The number of hydrogen-bond acceptors (Lipinski definition) is 2. The summed E-state index contributed by atoms with van der Waals surface area (Å²) in [6.07, 6.45) is 2.95. The van der Waals surface area contributed by atoms with Gasteiger partial charge in [0.1, 0.15) is 13.1 Å². The molecule has 2 N–H and O–H groups in total. The first-order valence-corrected chi connectivity index (χ1v) is 7.87. The Bertz CT molecular complexity index is 279. The van der Waals surface area contributed by atoms with Crippen LogP contribution in [-0.2, 0) is 9.53 Å². The molecule has 1 heterocycles. The van der Waals surface area contributed by atoms with Crippen LogP contribution in [0.15, 0.2) is 0 Å². The highest BCUT2D eigenvalue weighted by Crippen LogP contribution is 2.28. The summed E-state index contributed by atoms with van der Waals surface area (Å²) in [5, 5.41) is 2.86. The molecule has 0 spiro atoms. The molecule has 0 aromatic rings. The van der Waals surface area contributed by atoms with Crippen molar-refractivity contribution in [3.63, 3.8) is 0 Å². The summed E-state index contributed by atoms with van der Waals surface area (Å²) in [5.41, 5.74) is 0. The van der Waals surface area contributed by atoms with Crippen molar-refractivity contribution < 1.29 is 14.4 Å². The number of nitrogens with one attached hydrogen (secondary N) is 2. The Labute approximate surface area is 129 Å². The van der Waals surface area contributed by atoms with E-state index in [0.717, 1.165) is 37.3 Å². The van der Waals surface area contributed by atoms with Crippen LogP contribution in [0.25, 0.3) is 0 Å². The third-order valence-electron chi connectivity index (χ3n) is 3.18. The standard InChI is InChI=1S/C12H21Cl3N2O2/c1-2-3-4-5-10(18)16-11(12(13,14)15)17-6-8-19-9-7-17/h11H,2-9H2,1H3,(H,16,18)/p+1/t11-/m0/s1. The van der Waals surface area contributed by atoms with Crippen LogP contribution in [0.5, 0.6) is 0 Å². The highest BCUT2D eigenvalue weighted by atomic mass is 35.6. The number of hydrogen-bond donors (Lipinski definition) is 2. The summed E-state index contributed by atoms with van der Waals surface area (Å²) in [6, 6.07) is 0. The minimum atomic E-state index is -1.51. The lowest BCUT2D eigenvalue weighted by molar-refractivity contribution is -0.934. The minimum Gasteiger partial charge on any atom is -0.370 e. The first-order chi connectivity index (χ1) is 8.95. The molecule has 1 fully saturated rings. The van der Waals surface area contributed by atoms with E-state index in [1.54, 1.807) is 0 Å². The molecule has 112 valence electrons. The van der Waals surface area contributed by atoms with Gasteiger partial charge in [0.15, 0.2) is 0 Å². The van der Waals surface area contributed by atoms with E-state index < -0.39 is 9.96 Å². The summed E-state index contributed by atoms with van der Waals surface area (Å²) in [5.74, 6) is -0.0521. The molecular weight excluding hydrogens is 311 g/mol. The molecule has 0 bridgehead atoms. The zero-order chi connectivity index (χ0) is 14.3. The van der Waals surface area contributed by atoms with E-state index in [2.05, 4.69) is 12.2 Å². The lowest BCUT2D eigenvalue weighted by Crippen LogP contribution is -3.21. The van der Waals surface area contributed by atoms with Gasteiger partial charge < -0.3 is 15.0 Å². The summed E-state index contributed by atoms with van der Waals surface area (Å²) in [6.45, 7) is 4.80. The third kappa shape index (κ3) is 6.50. The van der Waals surface area contributed by atoms with Crippen LogP contribution in [0.2, 0.25) is 0 Å². The Morgan fingerprint density at radius 2 is 1.95 bits per heavy atom. The fraction of sp³-hybridized carbons (Fsp3) is 0.917. The number of unbranched alkanes of at least 4 members (excludes halogenated alkanes) is 2. The molecule has 19 heavy (non-hydrogen) atoms. The van der Waals surface area contributed by atoms with Gasteiger partial charge in [-0.15, -0.1) is 0 Å². The van der Waals surface area contributed by atoms with E-state index in [1.165, 1.54) is 0 Å². The number of rotatable bonds is 6. The maximum Gasteiger partial charge on any atom is 0.262 e. The van der Waals surface area contributed by atoms with Crippen molar-refractivity contribution in [3.05, 3.63) is 0 Å². The molecule has 1 aliphatic rings. The van der Waals surface area contributed by atoms with Gasteiger partial charge in [-0.25, -0.2) is 0 Å². The van der Waals surface area contributed by atoms with Gasteiger partial charge in [0.2, 0.25) is 12.1 Å². The summed E-state index contributed by atoms with van der Waals surface area (Å²) in [7, 11) is 0. The second kappa shape index (κ2) is 8.53. The smallest absolute Gasteiger partial charge is 0.262 e. The molecule has 7 heteroatoms. The second-order valence-electron chi connectivity index (χ2n) is 4.77. The van der Waals surface area contributed by atoms with E-state index in [0.29, 0.717) is 19.6 Å². The predicted octanol–water partition coefficient (Wildman–Crippen LogP) is 1.29. The number of morpholine rings is 1. The van der Waals surface area contributed by atoms with Gasteiger partial charge in [-0.05, 0) is 6.42 Å². The van der Waals surface area contributed by atoms with Crippen LogP contribution in [0, 0.1) is 0 Å². The predicted molar refractivity (Wildman–Crippen MR) is 77.9 cm³/mol. The number of alkyl halides is 3. The molecule has 0 radical (unpaired) electrons. The van der Waals surface area contributed by atoms with Crippen LogP contribution in [0.3, 0.4) is 0 Å². The highest BCUT2D eigenvalue weighted by molar-refractivity contribution is 6.68. The van der Waals surface area contributed by atoms with Crippen molar-refractivity contribution in [2.24, 2.45) is 0 Å². The lowest BCUT2D eigenvalue weighted by Gasteiger charge is -2.35. The van der Waals surface area contributed by atoms with Crippen molar-refractivity contribution in [3.8, 4) is 0 Å². The van der Waals surface area contributed by atoms with Crippen LogP contribution < -0.4 is 10.2 Å². The number of amides is 1. The van der Waals surface area contributed by atoms with Crippen LogP contribution in [-0.4, -0.2) is 42.2 Å². The third-order valence-corrected chi connectivity index (χ3v) is 3.84. The fourth-order valence-corrected chi connectivity index (χ4v) is 2.73. The summed E-state index contributed by atoms with van der Waals surface area (Å²) < 4.78 is 3.78. The van der Waals surface area contributed by atoms with Gasteiger partial charge in [0, 0.05) is 6.42 Å². The van der Waals surface area contributed by atoms with E-state index in [-0.39, 0.29) is 5.91 Å². The largest absolute Gasteiger partial charge is 0.370 e. The Hall–Kier alpha value is 0.260. The van der Waals surface area contributed by atoms with Gasteiger partial charge in [-0.3, -0.25) is 4.79 Å². The molecule has 0 aromatic carbocycles. The number of carbonyl (C=O) groups excluding carboxylic acids is 1. The van der Waals surface area contributed by atoms with E-state index >= 15 is 0 Å². The van der Waals surface area contributed by atoms with Crippen molar-refractivity contribution in [2.75, 3.05) is 26.3 Å². The zero-order valence-electron chi connectivity index (χ0n) is 11.2. The molecule has 1 atom stereocenters. The van der Waals surface area contributed by atoms with Gasteiger partial charge in [-0.1, -0.05) is 54.6 Å². The van der Waals surface area contributed by atoms with Crippen molar-refractivity contribution >= 4 is 40.7 Å². The normalized spacial score (nSPS) is 19.2. The Balaban J connectivity index is 2.52. The topological polar surface area (TPSA) is 42.8 Å². The number of carbonyl (C=O) groups is 1. The van der Waals surface area contributed by atoms with Crippen molar-refractivity contribution in [2.45, 2.75) is 42.6 Å². The molecule has 0 saturated carbocycles. The monoisotopic (exact) mass is 331 g/mol. The number of quaternary nitrogens is 1. The number of halogens is 3. The molecule has 4 nitrogen and oxygen atoms in total. The first-order valence-electron chi connectivity index (χ1n) is 6.73. The Kier molecular flexibility index (Phi) is 7.77. The van der Waals surface area contributed by atoms with Gasteiger partial charge in [0.05, 0.1) is 13.2 Å². The quantitative estimate of drug-likeness (QED) is 0.569. The average Bonchev–Trinajstić information content (AvgIpc) is 2.36. The molecule has 1 aliphatic heterocycles. The zero-order valence-corrected chi connectivity index (χ0v) is 13.5. The lowest BCUT2D eigenvalue weighted by atomic mass is 10.2. The van der Waals surface area contributed by atoms with Crippen LogP contribution >= 0.6 is 34.8 Å². The van der Waals surface area contributed by atoms with E-state index in [9.17, 15) is 4.79 Å². The highest BCUT2D eigenvalue weighted by Gasteiger charge is 2.42. The van der Waals surface area contributed by atoms with E-state index in [4.69, 9.17) is 39.5 Å². The maximum atomic E-state index is 11.9. The first kappa shape index (κ1) is 17.3. The molecule has 1 saturated heterocycles. The van der Waals surface area contributed by atoms with Crippen molar-refractivity contribution in [1.29, 1.82) is 0 Å². The molecule has 1 amide bonds. The van der Waals surface area contributed by atoms with Gasteiger partial charge in [0.25, 0.3) is 3.79 Å². The molecular formula is C12H22Cl3N2O2+. The molecule has 1 rings (SSSR count). The summed E-state index contributed by atoms with van der Waals surface area (Å²) >= 11 is 18.0. The summed E-state index contributed by atoms with van der Waals surface area (Å²) in [4.78, 5) is 12.9. The van der Waals surface area contributed by atoms with Crippen molar-refractivity contribution in [1.82, 2.24) is 5.32 Å². The van der Waals surface area contributed by atoms with Crippen LogP contribution in [0.1, 0.15) is 32.6 Å². The van der Waals surface area contributed by atoms with Gasteiger partial charge >= 0.3 is 0 Å². The SMILES string of the molecule is CCCCCC(=O)N[C@@H]([NH+]1CCOCC1)C(Cl)(Cl)Cl.